The second-order valence-corrected chi connectivity index (χ2v) is 6.59. The summed E-state index contributed by atoms with van der Waals surface area (Å²) in [4.78, 5) is 12.0. The predicted octanol–water partition coefficient (Wildman–Crippen LogP) is 2.34. The van der Waals surface area contributed by atoms with Crippen molar-refractivity contribution in [3.05, 3.63) is 17.6 Å². The number of anilines is 1. The highest BCUT2D eigenvalue weighted by molar-refractivity contribution is 5.44. The summed E-state index contributed by atoms with van der Waals surface area (Å²) in [6.45, 7) is 12.2. The van der Waals surface area contributed by atoms with Crippen LogP contribution >= 0.6 is 0 Å². The molecule has 2 aliphatic heterocycles. The van der Waals surface area contributed by atoms with Crippen molar-refractivity contribution in [1.29, 1.82) is 0 Å². The van der Waals surface area contributed by atoms with Gasteiger partial charge in [-0.1, -0.05) is 20.8 Å². The van der Waals surface area contributed by atoms with Crippen LogP contribution in [0.15, 0.2) is 6.07 Å². The lowest BCUT2D eigenvalue weighted by atomic mass is 9.93. The van der Waals surface area contributed by atoms with Crippen LogP contribution in [0.3, 0.4) is 0 Å². The summed E-state index contributed by atoms with van der Waals surface area (Å²) in [7, 11) is 0. The van der Waals surface area contributed by atoms with E-state index in [2.05, 4.69) is 49.0 Å². The molecule has 0 spiro atoms. The third kappa shape index (κ3) is 2.30. The standard InChI is InChI=1S/C16H26N4/c1-5-14-13-8-17-7-12(13)9-20(14)15-6-11(4)18-16(19-15)10(2)3/h6,10,12-14,17H,5,7-9H2,1-4H3. The number of aryl methyl sites for hydroxylation is 1. The van der Waals surface area contributed by atoms with Crippen LogP contribution in [-0.2, 0) is 0 Å². The lowest BCUT2D eigenvalue weighted by molar-refractivity contribution is 0.441. The molecule has 0 aromatic carbocycles. The number of hydrogen-bond donors (Lipinski definition) is 1. The molecule has 0 saturated carbocycles. The van der Waals surface area contributed by atoms with Gasteiger partial charge in [0.2, 0.25) is 0 Å². The molecule has 2 saturated heterocycles. The van der Waals surface area contributed by atoms with Crippen LogP contribution in [0, 0.1) is 18.8 Å². The molecular formula is C16H26N4. The van der Waals surface area contributed by atoms with E-state index >= 15 is 0 Å². The topological polar surface area (TPSA) is 41.0 Å². The Morgan fingerprint density at radius 2 is 2.15 bits per heavy atom. The van der Waals surface area contributed by atoms with Gasteiger partial charge in [-0.3, -0.25) is 0 Å². The maximum atomic E-state index is 4.83. The molecule has 0 aliphatic carbocycles. The summed E-state index contributed by atoms with van der Waals surface area (Å²) < 4.78 is 0. The Balaban J connectivity index is 1.92. The Morgan fingerprint density at radius 3 is 2.85 bits per heavy atom. The van der Waals surface area contributed by atoms with Crippen molar-refractivity contribution in [3.63, 3.8) is 0 Å². The van der Waals surface area contributed by atoms with Gasteiger partial charge in [0.1, 0.15) is 11.6 Å². The Labute approximate surface area is 122 Å². The third-order valence-corrected chi connectivity index (χ3v) is 4.80. The highest BCUT2D eigenvalue weighted by atomic mass is 15.3. The molecule has 3 atom stereocenters. The monoisotopic (exact) mass is 274 g/mol. The van der Waals surface area contributed by atoms with Gasteiger partial charge in [-0.2, -0.15) is 0 Å². The van der Waals surface area contributed by atoms with Crippen molar-refractivity contribution in [2.24, 2.45) is 11.8 Å². The highest BCUT2D eigenvalue weighted by Crippen LogP contribution is 2.37. The fourth-order valence-electron chi connectivity index (χ4n) is 3.79. The van der Waals surface area contributed by atoms with Crippen LogP contribution in [0.4, 0.5) is 5.82 Å². The van der Waals surface area contributed by atoms with Gasteiger partial charge < -0.3 is 10.2 Å². The van der Waals surface area contributed by atoms with Gasteiger partial charge in [0.15, 0.2) is 0 Å². The van der Waals surface area contributed by atoms with E-state index in [1.54, 1.807) is 0 Å². The van der Waals surface area contributed by atoms with Crippen LogP contribution in [-0.4, -0.2) is 35.6 Å². The first-order chi connectivity index (χ1) is 9.60. The van der Waals surface area contributed by atoms with E-state index in [-0.39, 0.29) is 0 Å². The molecule has 2 fully saturated rings. The predicted molar refractivity (Wildman–Crippen MR) is 82.1 cm³/mol. The van der Waals surface area contributed by atoms with Crippen molar-refractivity contribution in [2.45, 2.75) is 46.1 Å². The minimum atomic E-state index is 0.387. The Hall–Kier alpha value is -1.16. The molecule has 3 heterocycles. The highest BCUT2D eigenvalue weighted by Gasteiger charge is 2.43. The molecule has 110 valence electrons. The van der Waals surface area contributed by atoms with Crippen molar-refractivity contribution in [2.75, 3.05) is 24.5 Å². The molecule has 4 nitrogen and oxygen atoms in total. The number of nitrogens with zero attached hydrogens (tertiary/aromatic N) is 3. The second-order valence-electron chi connectivity index (χ2n) is 6.59. The van der Waals surface area contributed by atoms with Crippen LogP contribution < -0.4 is 10.2 Å². The molecule has 1 N–H and O–H groups in total. The molecular weight excluding hydrogens is 248 g/mol. The molecule has 0 bridgehead atoms. The molecule has 2 aliphatic rings. The Bertz CT molecular complexity index is 485. The number of nitrogens with one attached hydrogen (secondary N) is 1. The summed E-state index contributed by atoms with van der Waals surface area (Å²) in [5.41, 5.74) is 1.09. The molecule has 4 heteroatoms. The minimum absolute atomic E-state index is 0.387. The maximum absolute atomic E-state index is 4.83. The number of aromatic nitrogens is 2. The minimum Gasteiger partial charge on any atom is -0.353 e. The van der Waals surface area contributed by atoms with Crippen molar-refractivity contribution in [3.8, 4) is 0 Å². The summed E-state index contributed by atoms with van der Waals surface area (Å²) >= 11 is 0. The zero-order valence-electron chi connectivity index (χ0n) is 13.1. The normalized spacial score (nSPS) is 29.2. The lowest BCUT2D eigenvalue weighted by Crippen LogP contribution is -2.36. The van der Waals surface area contributed by atoms with E-state index in [1.807, 2.05) is 0 Å². The van der Waals surface area contributed by atoms with Gasteiger partial charge >= 0.3 is 0 Å². The Morgan fingerprint density at radius 1 is 1.35 bits per heavy atom. The molecule has 1 aromatic heterocycles. The average Bonchev–Trinajstić information content (AvgIpc) is 2.97. The fourth-order valence-corrected chi connectivity index (χ4v) is 3.79. The van der Waals surface area contributed by atoms with Gasteiger partial charge in [0, 0.05) is 43.4 Å². The van der Waals surface area contributed by atoms with Gasteiger partial charge in [0.05, 0.1) is 0 Å². The molecule has 20 heavy (non-hydrogen) atoms. The van der Waals surface area contributed by atoms with Crippen molar-refractivity contribution >= 4 is 5.82 Å². The Kier molecular flexibility index (Phi) is 3.67. The molecule has 3 rings (SSSR count). The third-order valence-electron chi connectivity index (χ3n) is 4.80. The van der Waals surface area contributed by atoms with Crippen LogP contribution in [0.25, 0.3) is 0 Å². The van der Waals surface area contributed by atoms with Crippen LogP contribution in [0.5, 0.6) is 0 Å². The first kappa shape index (κ1) is 13.8. The summed E-state index contributed by atoms with van der Waals surface area (Å²) in [5.74, 6) is 4.08. The zero-order valence-corrected chi connectivity index (χ0v) is 13.1. The second kappa shape index (κ2) is 5.32. The van der Waals surface area contributed by atoms with E-state index in [0.717, 1.165) is 35.7 Å². The van der Waals surface area contributed by atoms with Gasteiger partial charge in [-0.15, -0.1) is 0 Å². The fraction of sp³-hybridized carbons (Fsp3) is 0.750. The van der Waals surface area contributed by atoms with Crippen molar-refractivity contribution < 1.29 is 0 Å². The van der Waals surface area contributed by atoms with E-state index < -0.39 is 0 Å². The van der Waals surface area contributed by atoms with E-state index in [9.17, 15) is 0 Å². The summed E-state index contributed by atoms with van der Waals surface area (Å²) in [6, 6.07) is 2.78. The molecule has 0 amide bonds. The molecule has 3 unspecified atom stereocenters. The van der Waals surface area contributed by atoms with Gasteiger partial charge in [0.25, 0.3) is 0 Å². The number of fused-ring (bicyclic) bond motifs is 1. The van der Waals surface area contributed by atoms with Crippen molar-refractivity contribution in [1.82, 2.24) is 15.3 Å². The van der Waals surface area contributed by atoms with E-state index in [0.29, 0.717) is 12.0 Å². The molecule has 1 aromatic rings. The zero-order chi connectivity index (χ0) is 14.3. The first-order valence-corrected chi connectivity index (χ1v) is 7.93. The molecule has 0 radical (unpaired) electrons. The SMILES string of the molecule is CCC1C2CNCC2CN1c1cc(C)nc(C(C)C)n1. The number of hydrogen-bond acceptors (Lipinski definition) is 4. The average molecular weight is 274 g/mol. The van der Waals surface area contributed by atoms with Gasteiger partial charge in [-0.05, 0) is 25.2 Å². The lowest BCUT2D eigenvalue weighted by Gasteiger charge is -2.28. The van der Waals surface area contributed by atoms with Crippen LogP contribution in [0.2, 0.25) is 0 Å². The quantitative estimate of drug-likeness (QED) is 0.918. The first-order valence-electron chi connectivity index (χ1n) is 7.93. The number of rotatable bonds is 3. The van der Waals surface area contributed by atoms with E-state index in [4.69, 9.17) is 4.98 Å². The van der Waals surface area contributed by atoms with E-state index in [1.165, 1.54) is 19.5 Å². The summed E-state index contributed by atoms with van der Waals surface area (Å²) in [5, 5.41) is 3.54. The maximum Gasteiger partial charge on any atom is 0.133 e. The largest absolute Gasteiger partial charge is 0.353 e. The van der Waals surface area contributed by atoms with Gasteiger partial charge in [-0.25, -0.2) is 9.97 Å². The van der Waals surface area contributed by atoms with Crippen LogP contribution in [0.1, 0.15) is 44.6 Å². The summed E-state index contributed by atoms with van der Waals surface area (Å²) in [6.07, 6.45) is 1.20. The smallest absolute Gasteiger partial charge is 0.133 e.